The molecular formula is C18H15ClN2O3. The summed E-state index contributed by atoms with van der Waals surface area (Å²) in [4.78, 5) is 38.2. The summed E-state index contributed by atoms with van der Waals surface area (Å²) in [5, 5.41) is 3.20. The van der Waals surface area contributed by atoms with Gasteiger partial charge in [-0.05, 0) is 24.6 Å². The van der Waals surface area contributed by atoms with Crippen LogP contribution in [-0.4, -0.2) is 29.2 Å². The molecule has 2 aromatic rings. The molecule has 0 saturated carbocycles. The normalized spacial score (nSPS) is 20.2. The van der Waals surface area contributed by atoms with Crippen molar-refractivity contribution >= 4 is 29.3 Å². The first-order valence-electron chi connectivity index (χ1n) is 7.40. The molecule has 1 fully saturated rings. The fourth-order valence-corrected chi connectivity index (χ4v) is 2.80. The summed E-state index contributed by atoms with van der Waals surface area (Å²) in [6, 6.07) is 14.7. The summed E-state index contributed by atoms with van der Waals surface area (Å²) in [6.45, 7) is 1.32. The first kappa shape index (κ1) is 16.2. The van der Waals surface area contributed by atoms with Gasteiger partial charge >= 0.3 is 6.03 Å². The highest BCUT2D eigenvalue weighted by Gasteiger charge is 2.49. The van der Waals surface area contributed by atoms with Gasteiger partial charge in [-0.3, -0.25) is 14.5 Å². The average Bonchev–Trinajstić information content (AvgIpc) is 2.80. The fourth-order valence-electron chi connectivity index (χ4n) is 2.68. The number of urea groups is 1. The second-order valence-corrected chi connectivity index (χ2v) is 6.18. The minimum Gasteiger partial charge on any atom is -0.319 e. The maximum Gasteiger partial charge on any atom is 0.325 e. The van der Waals surface area contributed by atoms with Crippen LogP contribution < -0.4 is 5.32 Å². The molecule has 1 saturated heterocycles. The van der Waals surface area contributed by atoms with Gasteiger partial charge in [0.25, 0.3) is 5.91 Å². The Morgan fingerprint density at radius 3 is 2.33 bits per heavy atom. The van der Waals surface area contributed by atoms with Crippen LogP contribution in [-0.2, 0) is 10.3 Å². The summed E-state index contributed by atoms with van der Waals surface area (Å²) in [6.07, 6.45) is 0. The molecule has 0 spiro atoms. The second-order valence-electron chi connectivity index (χ2n) is 5.74. The number of nitrogens with one attached hydrogen (secondary N) is 1. The molecule has 3 rings (SSSR count). The predicted molar refractivity (Wildman–Crippen MR) is 89.8 cm³/mol. The molecule has 1 heterocycles. The summed E-state index contributed by atoms with van der Waals surface area (Å²) in [5.74, 6) is -0.751. The van der Waals surface area contributed by atoms with Crippen molar-refractivity contribution in [3.05, 3.63) is 70.7 Å². The molecule has 122 valence electrons. The summed E-state index contributed by atoms with van der Waals surface area (Å²) in [7, 11) is 0. The molecule has 3 amide bonds. The second kappa shape index (κ2) is 6.09. The van der Waals surface area contributed by atoms with Gasteiger partial charge in [-0.15, -0.1) is 0 Å². The number of imide groups is 1. The van der Waals surface area contributed by atoms with Crippen molar-refractivity contribution in [2.24, 2.45) is 0 Å². The van der Waals surface area contributed by atoms with Crippen LogP contribution in [0.15, 0.2) is 54.6 Å². The van der Waals surface area contributed by atoms with Crippen molar-refractivity contribution in [2.75, 3.05) is 6.54 Å². The van der Waals surface area contributed by atoms with Crippen LogP contribution in [0, 0.1) is 0 Å². The van der Waals surface area contributed by atoms with Crippen LogP contribution in [0.25, 0.3) is 0 Å². The van der Waals surface area contributed by atoms with Crippen molar-refractivity contribution in [3.8, 4) is 0 Å². The van der Waals surface area contributed by atoms with Gasteiger partial charge in [0.1, 0.15) is 5.54 Å². The molecule has 1 N–H and O–H groups in total. The van der Waals surface area contributed by atoms with E-state index in [0.29, 0.717) is 16.1 Å². The number of carbonyl (C=O) groups excluding carboxylic acids is 3. The van der Waals surface area contributed by atoms with Crippen molar-refractivity contribution in [2.45, 2.75) is 12.5 Å². The maximum absolute atomic E-state index is 12.7. The van der Waals surface area contributed by atoms with Crippen LogP contribution in [0.4, 0.5) is 4.79 Å². The number of benzene rings is 2. The van der Waals surface area contributed by atoms with E-state index in [2.05, 4.69) is 5.32 Å². The molecule has 1 aliphatic rings. The predicted octanol–water partition coefficient (Wildman–Crippen LogP) is 2.99. The van der Waals surface area contributed by atoms with Crippen molar-refractivity contribution in [3.63, 3.8) is 0 Å². The molecule has 24 heavy (non-hydrogen) atoms. The fraction of sp³-hybridized carbons (Fsp3) is 0.167. The molecule has 0 aromatic heterocycles. The first-order valence-corrected chi connectivity index (χ1v) is 7.78. The monoisotopic (exact) mass is 342 g/mol. The van der Waals surface area contributed by atoms with Crippen molar-refractivity contribution in [1.82, 2.24) is 10.2 Å². The number of Topliss-reactive ketones (excluding diaryl/α,β-unsaturated/α-hetero) is 1. The third kappa shape index (κ3) is 2.78. The highest BCUT2D eigenvalue weighted by molar-refractivity contribution is 6.30. The zero-order valence-electron chi connectivity index (χ0n) is 13.0. The number of rotatable bonds is 4. The summed E-state index contributed by atoms with van der Waals surface area (Å²) >= 11 is 5.87. The van der Waals surface area contributed by atoms with Gasteiger partial charge in [0.05, 0.1) is 6.54 Å². The Kier molecular flexibility index (Phi) is 4.11. The Labute approximate surface area is 144 Å². The van der Waals surface area contributed by atoms with E-state index in [-0.39, 0.29) is 12.3 Å². The molecular weight excluding hydrogens is 328 g/mol. The van der Waals surface area contributed by atoms with E-state index in [4.69, 9.17) is 11.6 Å². The zero-order chi connectivity index (χ0) is 17.3. The lowest BCUT2D eigenvalue weighted by atomic mass is 9.92. The number of nitrogens with zero attached hydrogens (tertiary/aromatic N) is 1. The van der Waals surface area contributed by atoms with Gasteiger partial charge in [0.15, 0.2) is 5.78 Å². The lowest BCUT2D eigenvalue weighted by molar-refractivity contribution is -0.130. The summed E-state index contributed by atoms with van der Waals surface area (Å²) in [5.41, 5.74) is -0.142. The maximum atomic E-state index is 12.7. The third-order valence-electron chi connectivity index (χ3n) is 4.09. The molecule has 5 nitrogen and oxygen atoms in total. The van der Waals surface area contributed by atoms with Crippen molar-refractivity contribution < 1.29 is 14.4 Å². The third-order valence-corrected chi connectivity index (χ3v) is 4.35. The van der Waals surface area contributed by atoms with Gasteiger partial charge in [-0.25, -0.2) is 4.79 Å². The van der Waals surface area contributed by atoms with Crippen LogP contribution in [0.2, 0.25) is 5.02 Å². The van der Waals surface area contributed by atoms with E-state index in [1.54, 1.807) is 61.5 Å². The number of amides is 3. The summed E-state index contributed by atoms with van der Waals surface area (Å²) < 4.78 is 0. The zero-order valence-corrected chi connectivity index (χ0v) is 13.7. The number of carbonyl (C=O) groups is 3. The van der Waals surface area contributed by atoms with Crippen LogP contribution >= 0.6 is 11.6 Å². The molecule has 1 atom stereocenters. The van der Waals surface area contributed by atoms with Crippen LogP contribution in [0.3, 0.4) is 0 Å². The number of hydrogen-bond acceptors (Lipinski definition) is 3. The quantitative estimate of drug-likeness (QED) is 0.686. The Morgan fingerprint density at radius 2 is 1.71 bits per heavy atom. The van der Waals surface area contributed by atoms with Crippen LogP contribution in [0.5, 0.6) is 0 Å². The standard InChI is InChI=1S/C18H15ClN2O3/c1-18(13-7-9-14(19)10-8-13)16(23)21(17(24)20-18)11-15(22)12-5-3-2-4-6-12/h2-10H,11H2,1H3,(H,20,24)/t18-/m0/s1. The number of ketones is 1. The highest BCUT2D eigenvalue weighted by atomic mass is 35.5. The molecule has 0 bridgehead atoms. The molecule has 6 heteroatoms. The molecule has 0 unspecified atom stereocenters. The minimum absolute atomic E-state index is 0.292. The van der Waals surface area contributed by atoms with E-state index in [1.165, 1.54) is 0 Å². The van der Waals surface area contributed by atoms with Crippen molar-refractivity contribution in [1.29, 1.82) is 0 Å². The van der Waals surface area contributed by atoms with Gasteiger partial charge in [-0.1, -0.05) is 54.1 Å². The largest absolute Gasteiger partial charge is 0.325 e. The van der Waals surface area contributed by atoms with E-state index < -0.39 is 17.5 Å². The number of halogens is 1. The molecule has 0 aliphatic carbocycles. The topological polar surface area (TPSA) is 66.5 Å². The van der Waals surface area contributed by atoms with Gasteiger partial charge in [0.2, 0.25) is 0 Å². The number of hydrogen-bond donors (Lipinski definition) is 1. The van der Waals surface area contributed by atoms with E-state index in [1.807, 2.05) is 0 Å². The van der Waals surface area contributed by atoms with E-state index >= 15 is 0 Å². The Morgan fingerprint density at radius 1 is 1.08 bits per heavy atom. The molecule has 0 radical (unpaired) electrons. The molecule has 1 aliphatic heterocycles. The van der Waals surface area contributed by atoms with E-state index in [0.717, 1.165) is 4.90 Å². The Bertz CT molecular complexity index is 805. The molecule has 2 aromatic carbocycles. The lowest BCUT2D eigenvalue weighted by Gasteiger charge is -2.22. The average molecular weight is 343 g/mol. The Balaban J connectivity index is 1.84. The smallest absolute Gasteiger partial charge is 0.319 e. The van der Waals surface area contributed by atoms with Gasteiger partial charge in [0, 0.05) is 10.6 Å². The lowest BCUT2D eigenvalue weighted by Crippen LogP contribution is -2.41. The van der Waals surface area contributed by atoms with Crippen LogP contribution in [0.1, 0.15) is 22.8 Å². The van der Waals surface area contributed by atoms with E-state index in [9.17, 15) is 14.4 Å². The first-order chi connectivity index (χ1) is 11.4. The van der Waals surface area contributed by atoms with Gasteiger partial charge in [-0.2, -0.15) is 0 Å². The Hall–Kier alpha value is -2.66. The SMILES string of the molecule is C[C@@]1(c2ccc(Cl)cc2)NC(=O)N(CC(=O)c2ccccc2)C1=O. The minimum atomic E-state index is -1.21. The van der Waals surface area contributed by atoms with Gasteiger partial charge < -0.3 is 5.32 Å². The highest BCUT2D eigenvalue weighted by Crippen LogP contribution is 2.29.